The zero-order valence-electron chi connectivity index (χ0n) is 15.4. The number of carbonyl (C=O) groups is 2. The number of alkyl halides is 2. The van der Waals surface area contributed by atoms with E-state index in [0.29, 0.717) is 19.0 Å². The maximum atomic E-state index is 12.4. The summed E-state index contributed by atoms with van der Waals surface area (Å²) >= 11 is 0. The maximum absolute atomic E-state index is 12.4. The Morgan fingerprint density at radius 2 is 1.85 bits per heavy atom. The van der Waals surface area contributed by atoms with Gasteiger partial charge in [0.1, 0.15) is 5.75 Å². The second-order valence-corrected chi connectivity index (χ2v) is 7.58. The van der Waals surface area contributed by atoms with Crippen LogP contribution >= 0.6 is 0 Å². The van der Waals surface area contributed by atoms with Crippen molar-refractivity contribution in [2.24, 2.45) is 11.3 Å². The standard InChI is InChI=1S/C19H26F2N2O3/c1-19(2,3)13-8-10-23(11-9-13)16(24)12-22-17(25)14-6-4-5-7-15(14)26-18(20)21/h4-7,13,18H,8-12H2,1-3H3,(H,22,25). The van der Waals surface area contributed by atoms with Crippen LogP contribution in [0.2, 0.25) is 0 Å². The first-order valence-corrected chi connectivity index (χ1v) is 8.78. The zero-order chi connectivity index (χ0) is 19.3. The maximum Gasteiger partial charge on any atom is 0.387 e. The Kier molecular flexibility index (Phi) is 6.56. The minimum absolute atomic E-state index is 0.0213. The third-order valence-corrected chi connectivity index (χ3v) is 4.82. The van der Waals surface area contributed by atoms with Crippen LogP contribution in [0, 0.1) is 11.3 Å². The van der Waals surface area contributed by atoms with E-state index in [1.807, 2.05) is 0 Å². The Hall–Kier alpha value is -2.18. The number of likely N-dealkylation sites (tertiary alicyclic amines) is 1. The van der Waals surface area contributed by atoms with Crippen LogP contribution in [-0.2, 0) is 4.79 Å². The topological polar surface area (TPSA) is 58.6 Å². The molecule has 0 aromatic heterocycles. The molecule has 2 rings (SSSR count). The van der Waals surface area contributed by atoms with Crippen LogP contribution in [0.1, 0.15) is 44.0 Å². The molecule has 1 heterocycles. The van der Waals surface area contributed by atoms with Crippen molar-refractivity contribution in [1.29, 1.82) is 0 Å². The largest absolute Gasteiger partial charge is 0.434 e. The van der Waals surface area contributed by atoms with Crippen molar-refractivity contribution in [2.45, 2.75) is 40.2 Å². The molecule has 1 aromatic rings. The Morgan fingerprint density at radius 1 is 1.23 bits per heavy atom. The smallest absolute Gasteiger partial charge is 0.387 e. The van der Waals surface area contributed by atoms with Gasteiger partial charge < -0.3 is 15.0 Å². The summed E-state index contributed by atoms with van der Waals surface area (Å²) in [5, 5.41) is 2.50. The van der Waals surface area contributed by atoms with Gasteiger partial charge >= 0.3 is 6.61 Å². The van der Waals surface area contributed by atoms with Gasteiger partial charge in [0.15, 0.2) is 0 Å². The van der Waals surface area contributed by atoms with Crippen LogP contribution in [0.4, 0.5) is 8.78 Å². The molecule has 1 saturated heterocycles. The van der Waals surface area contributed by atoms with Gasteiger partial charge in [0.25, 0.3) is 5.91 Å². The summed E-state index contributed by atoms with van der Waals surface area (Å²) in [7, 11) is 0. The molecule has 5 nitrogen and oxygen atoms in total. The van der Waals surface area contributed by atoms with E-state index in [1.54, 1.807) is 11.0 Å². The number of rotatable bonds is 5. The van der Waals surface area contributed by atoms with Crippen molar-refractivity contribution >= 4 is 11.8 Å². The van der Waals surface area contributed by atoms with E-state index >= 15 is 0 Å². The minimum Gasteiger partial charge on any atom is -0.434 e. The predicted octanol–water partition coefficient (Wildman–Crippen LogP) is 3.30. The molecular weight excluding hydrogens is 342 g/mol. The summed E-state index contributed by atoms with van der Waals surface area (Å²) in [6.07, 6.45) is 1.88. The number of nitrogens with one attached hydrogen (secondary N) is 1. The molecule has 0 atom stereocenters. The average molecular weight is 368 g/mol. The summed E-state index contributed by atoms with van der Waals surface area (Å²) in [5.74, 6) is -0.421. The number of carbonyl (C=O) groups excluding carboxylic acids is 2. The summed E-state index contributed by atoms with van der Waals surface area (Å²) in [6.45, 7) is 4.76. The van der Waals surface area contributed by atoms with Crippen LogP contribution in [0.25, 0.3) is 0 Å². The van der Waals surface area contributed by atoms with E-state index in [2.05, 4.69) is 30.8 Å². The third-order valence-electron chi connectivity index (χ3n) is 4.82. The lowest BCUT2D eigenvalue weighted by atomic mass is 9.75. The van der Waals surface area contributed by atoms with Crippen molar-refractivity contribution in [3.63, 3.8) is 0 Å². The van der Waals surface area contributed by atoms with Gasteiger partial charge in [-0.15, -0.1) is 0 Å². The molecule has 0 bridgehead atoms. The van der Waals surface area contributed by atoms with E-state index in [9.17, 15) is 18.4 Å². The van der Waals surface area contributed by atoms with Gasteiger partial charge in [-0.25, -0.2) is 0 Å². The molecule has 1 N–H and O–H groups in total. The van der Waals surface area contributed by atoms with Gasteiger partial charge in [-0.05, 0) is 36.3 Å². The fraction of sp³-hybridized carbons (Fsp3) is 0.579. The number of hydrogen-bond acceptors (Lipinski definition) is 3. The molecule has 0 spiro atoms. The predicted molar refractivity (Wildman–Crippen MR) is 94.2 cm³/mol. The average Bonchev–Trinajstić information content (AvgIpc) is 2.58. The molecular formula is C19H26F2N2O3. The molecule has 0 saturated carbocycles. The highest BCUT2D eigenvalue weighted by Crippen LogP contribution is 2.34. The Balaban J connectivity index is 1.87. The normalized spacial score (nSPS) is 15.8. The SMILES string of the molecule is CC(C)(C)C1CCN(C(=O)CNC(=O)c2ccccc2OC(F)F)CC1. The fourth-order valence-corrected chi connectivity index (χ4v) is 3.21. The lowest BCUT2D eigenvalue weighted by Crippen LogP contribution is -2.45. The van der Waals surface area contributed by atoms with E-state index in [1.165, 1.54) is 18.2 Å². The third kappa shape index (κ3) is 5.41. The molecule has 2 amide bonds. The number of benzene rings is 1. The number of halogens is 2. The van der Waals surface area contributed by atoms with Gasteiger partial charge in [-0.1, -0.05) is 32.9 Å². The monoisotopic (exact) mass is 368 g/mol. The van der Waals surface area contributed by atoms with Crippen LogP contribution in [0.5, 0.6) is 5.75 Å². The second kappa shape index (κ2) is 8.47. The Morgan fingerprint density at radius 3 is 2.42 bits per heavy atom. The molecule has 7 heteroatoms. The Labute approximate surface area is 152 Å². The minimum atomic E-state index is -3.02. The quantitative estimate of drug-likeness (QED) is 0.868. The van der Waals surface area contributed by atoms with Gasteiger partial charge in [-0.2, -0.15) is 8.78 Å². The van der Waals surface area contributed by atoms with Crippen molar-refractivity contribution in [1.82, 2.24) is 10.2 Å². The molecule has 0 aliphatic carbocycles. The molecule has 0 radical (unpaired) electrons. The van der Waals surface area contributed by atoms with Crippen molar-refractivity contribution in [3.05, 3.63) is 29.8 Å². The molecule has 26 heavy (non-hydrogen) atoms. The molecule has 1 aliphatic heterocycles. The Bertz CT molecular complexity index is 636. The summed E-state index contributed by atoms with van der Waals surface area (Å²) in [6, 6.07) is 5.72. The van der Waals surface area contributed by atoms with Gasteiger partial charge in [0.2, 0.25) is 5.91 Å². The van der Waals surface area contributed by atoms with Crippen LogP contribution in [0.15, 0.2) is 24.3 Å². The number of hydrogen-bond donors (Lipinski definition) is 1. The zero-order valence-corrected chi connectivity index (χ0v) is 15.4. The van der Waals surface area contributed by atoms with Crippen molar-refractivity contribution in [3.8, 4) is 5.75 Å². The highest BCUT2D eigenvalue weighted by Gasteiger charge is 2.30. The molecule has 1 aliphatic rings. The highest BCUT2D eigenvalue weighted by molar-refractivity contribution is 5.98. The molecule has 144 valence electrons. The first-order chi connectivity index (χ1) is 12.2. The molecule has 1 aromatic carbocycles. The van der Waals surface area contributed by atoms with E-state index < -0.39 is 12.5 Å². The fourth-order valence-electron chi connectivity index (χ4n) is 3.21. The van der Waals surface area contributed by atoms with Gasteiger partial charge in [-0.3, -0.25) is 9.59 Å². The van der Waals surface area contributed by atoms with Crippen LogP contribution in [0.3, 0.4) is 0 Å². The summed E-state index contributed by atoms with van der Waals surface area (Å²) in [5.41, 5.74) is 0.199. The summed E-state index contributed by atoms with van der Waals surface area (Å²) < 4.78 is 29.2. The first-order valence-electron chi connectivity index (χ1n) is 8.78. The van der Waals surface area contributed by atoms with Crippen LogP contribution in [-0.4, -0.2) is 43.0 Å². The number of amides is 2. The first kappa shape index (κ1) is 20.1. The van der Waals surface area contributed by atoms with Crippen molar-refractivity contribution in [2.75, 3.05) is 19.6 Å². The van der Waals surface area contributed by atoms with Gasteiger partial charge in [0, 0.05) is 13.1 Å². The lowest BCUT2D eigenvalue weighted by Gasteiger charge is -2.38. The molecule has 1 fully saturated rings. The summed E-state index contributed by atoms with van der Waals surface area (Å²) in [4.78, 5) is 26.3. The molecule has 0 unspecified atom stereocenters. The number of para-hydroxylation sites is 1. The number of ether oxygens (including phenoxy) is 1. The highest BCUT2D eigenvalue weighted by atomic mass is 19.3. The number of piperidine rings is 1. The van der Waals surface area contributed by atoms with E-state index in [-0.39, 0.29) is 29.2 Å². The lowest BCUT2D eigenvalue weighted by molar-refractivity contribution is -0.132. The van der Waals surface area contributed by atoms with E-state index in [0.717, 1.165) is 12.8 Å². The van der Waals surface area contributed by atoms with Gasteiger partial charge in [0.05, 0.1) is 12.1 Å². The number of nitrogens with zero attached hydrogens (tertiary/aromatic N) is 1. The van der Waals surface area contributed by atoms with Crippen molar-refractivity contribution < 1.29 is 23.1 Å². The second-order valence-electron chi connectivity index (χ2n) is 7.58. The van der Waals surface area contributed by atoms with E-state index in [4.69, 9.17) is 0 Å². The van der Waals surface area contributed by atoms with Crippen LogP contribution < -0.4 is 10.1 Å².